The predicted octanol–water partition coefficient (Wildman–Crippen LogP) is 10.2. The van der Waals surface area contributed by atoms with Crippen LogP contribution in [-0.4, -0.2) is 93.0 Å². The number of para-hydroxylation sites is 1. The molecule has 0 unspecified atom stereocenters. The van der Waals surface area contributed by atoms with Crippen LogP contribution in [0.3, 0.4) is 0 Å². The summed E-state index contributed by atoms with van der Waals surface area (Å²) < 4.78 is 29.3. The first-order chi connectivity index (χ1) is 30.0. The SMILES string of the molecule is Cc1c(-c2cccc3c(CCCOc4cccc5ccccc45)c(C(=O)OC(C)(C)C)n(CCN4CCN(C(=O)OC(C)(C)C)CC4)c23)c(COc2ccc(Br)c(C=O)c2)nn1C. The average Bonchev–Trinajstić information content (AvgIpc) is 3.71. The Morgan fingerprint density at radius 2 is 1.52 bits per heavy atom. The lowest BCUT2D eigenvalue weighted by molar-refractivity contribution is 0.00509. The van der Waals surface area contributed by atoms with E-state index in [1.54, 1.807) is 17.0 Å². The highest BCUT2D eigenvalue weighted by atomic mass is 79.9. The quantitative estimate of drug-likeness (QED) is 0.0598. The number of aryl methyl sites for hydroxylation is 2. The fourth-order valence-electron chi connectivity index (χ4n) is 8.17. The minimum atomic E-state index is -0.741. The molecule has 0 saturated carbocycles. The summed E-state index contributed by atoms with van der Waals surface area (Å²) in [6.07, 6.45) is 1.69. The first-order valence-electron chi connectivity index (χ1n) is 21.6. The zero-order chi connectivity index (χ0) is 45.1. The number of piperazine rings is 1. The minimum absolute atomic E-state index is 0.146. The smallest absolute Gasteiger partial charge is 0.410 e. The van der Waals surface area contributed by atoms with Crippen molar-refractivity contribution in [2.45, 2.75) is 85.7 Å². The standard InChI is InChI=1S/C50H58BrN5O7/c1-33-44(42(52-53(33)8)32-61-36-21-22-41(51)35(30-36)31-57)40-18-12-17-38-39(19-13-29-60-43-20-11-15-34-14-9-10-16-37(34)43)46(47(58)62-49(2,3)4)56(45(38)40)28-25-54-23-26-55(27-24-54)48(59)63-50(5,6)7/h9-12,14-18,20-22,30-31H,13,19,23-29,32H2,1-8H3. The van der Waals surface area contributed by atoms with Gasteiger partial charge >= 0.3 is 12.1 Å². The summed E-state index contributed by atoms with van der Waals surface area (Å²) in [6.45, 7) is 17.4. The number of aromatic nitrogens is 3. The number of hydrogen-bond donors (Lipinski definition) is 0. The molecule has 0 aliphatic carbocycles. The minimum Gasteiger partial charge on any atom is -0.493 e. The first-order valence-corrected chi connectivity index (χ1v) is 22.4. The van der Waals surface area contributed by atoms with Crippen molar-refractivity contribution in [3.8, 4) is 22.6 Å². The molecule has 13 heteroatoms. The highest BCUT2D eigenvalue weighted by Crippen LogP contribution is 2.39. The summed E-state index contributed by atoms with van der Waals surface area (Å²) in [6, 6.07) is 25.8. The molecule has 1 amide bonds. The van der Waals surface area contributed by atoms with Crippen molar-refractivity contribution in [2.75, 3.05) is 39.3 Å². The molecule has 63 heavy (non-hydrogen) atoms. The molecule has 12 nitrogen and oxygen atoms in total. The molecule has 0 spiro atoms. The van der Waals surface area contributed by atoms with Crippen LogP contribution < -0.4 is 9.47 Å². The number of carbonyl (C=O) groups is 3. The van der Waals surface area contributed by atoms with E-state index in [0.717, 1.165) is 56.1 Å². The number of benzene rings is 4. The Balaban J connectivity index is 1.28. The number of fused-ring (bicyclic) bond motifs is 2. The lowest BCUT2D eigenvalue weighted by atomic mass is 9.98. The van der Waals surface area contributed by atoms with Gasteiger partial charge in [-0.3, -0.25) is 14.4 Å². The summed E-state index contributed by atoms with van der Waals surface area (Å²) in [7, 11) is 1.91. The third-order valence-corrected chi connectivity index (χ3v) is 11.9. The van der Waals surface area contributed by atoms with E-state index in [2.05, 4.69) is 55.7 Å². The molecule has 0 bridgehead atoms. The second-order valence-corrected chi connectivity index (χ2v) is 18.9. The van der Waals surface area contributed by atoms with Crippen LogP contribution in [0, 0.1) is 6.92 Å². The number of esters is 1. The Bertz CT molecular complexity index is 2620. The molecule has 3 heterocycles. The Kier molecular flexibility index (Phi) is 13.7. The van der Waals surface area contributed by atoms with Crippen molar-refractivity contribution >= 4 is 56.0 Å². The van der Waals surface area contributed by atoms with Crippen LogP contribution >= 0.6 is 15.9 Å². The maximum absolute atomic E-state index is 14.7. The van der Waals surface area contributed by atoms with E-state index in [0.29, 0.717) is 85.9 Å². The summed E-state index contributed by atoms with van der Waals surface area (Å²) in [5.74, 6) is 0.976. The molecular weight excluding hydrogens is 862 g/mol. The molecule has 332 valence electrons. The normalized spacial score (nSPS) is 13.7. The molecule has 1 saturated heterocycles. The Morgan fingerprint density at radius 1 is 0.825 bits per heavy atom. The van der Waals surface area contributed by atoms with Gasteiger partial charge in [0.25, 0.3) is 0 Å². The van der Waals surface area contributed by atoms with E-state index in [9.17, 15) is 14.4 Å². The van der Waals surface area contributed by atoms with Gasteiger partial charge in [-0.2, -0.15) is 5.10 Å². The second-order valence-electron chi connectivity index (χ2n) is 18.0. The van der Waals surface area contributed by atoms with Crippen molar-refractivity contribution in [3.63, 3.8) is 0 Å². The third-order valence-electron chi connectivity index (χ3n) is 11.2. The van der Waals surface area contributed by atoms with Gasteiger partial charge in [0.05, 0.1) is 12.1 Å². The number of aldehydes is 1. The van der Waals surface area contributed by atoms with Crippen molar-refractivity contribution in [1.82, 2.24) is 24.1 Å². The molecule has 6 aromatic rings. The summed E-state index contributed by atoms with van der Waals surface area (Å²) in [5.41, 5.74) is 4.96. The molecule has 0 radical (unpaired) electrons. The monoisotopic (exact) mass is 919 g/mol. The Labute approximate surface area is 378 Å². The van der Waals surface area contributed by atoms with Gasteiger partial charge in [-0.05, 0) is 96.5 Å². The van der Waals surface area contributed by atoms with E-state index in [4.69, 9.17) is 24.0 Å². The topological polar surface area (TPSA) is 117 Å². The summed E-state index contributed by atoms with van der Waals surface area (Å²) in [4.78, 5) is 43.4. The van der Waals surface area contributed by atoms with Crippen molar-refractivity contribution in [2.24, 2.45) is 7.05 Å². The fraction of sp³-hybridized carbons (Fsp3) is 0.400. The molecule has 4 aromatic carbocycles. The van der Waals surface area contributed by atoms with E-state index in [1.165, 1.54) is 0 Å². The molecule has 0 atom stereocenters. The van der Waals surface area contributed by atoms with Crippen LogP contribution in [0.5, 0.6) is 11.5 Å². The number of carbonyl (C=O) groups excluding carboxylic acids is 3. The zero-order valence-electron chi connectivity index (χ0n) is 37.6. The van der Waals surface area contributed by atoms with Crippen molar-refractivity contribution < 1.29 is 33.3 Å². The molecule has 0 N–H and O–H groups in total. The van der Waals surface area contributed by atoms with Crippen LogP contribution in [0.25, 0.3) is 32.8 Å². The van der Waals surface area contributed by atoms with Gasteiger partial charge < -0.3 is 28.4 Å². The molecule has 1 aliphatic heterocycles. The van der Waals surface area contributed by atoms with Gasteiger partial charge in [-0.15, -0.1) is 0 Å². The molecule has 7 rings (SSSR count). The van der Waals surface area contributed by atoms with Crippen LogP contribution in [0.4, 0.5) is 4.79 Å². The fourth-order valence-corrected chi connectivity index (χ4v) is 8.51. The van der Waals surface area contributed by atoms with Gasteiger partial charge in [-0.1, -0.05) is 70.5 Å². The van der Waals surface area contributed by atoms with Gasteiger partial charge in [0, 0.05) is 83.9 Å². The summed E-state index contributed by atoms with van der Waals surface area (Å²) >= 11 is 3.43. The van der Waals surface area contributed by atoms with Gasteiger partial charge in [0.15, 0.2) is 6.29 Å². The van der Waals surface area contributed by atoms with E-state index >= 15 is 0 Å². The van der Waals surface area contributed by atoms with Gasteiger partial charge in [0.2, 0.25) is 0 Å². The lowest BCUT2D eigenvalue weighted by Gasteiger charge is -2.35. The average molecular weight is 921 g/mol. The van der Waals surface area contributed by atoms with Crippen molar-refractivity contribution in [3.05, 3.63) is 112 Å². The number of ether oxygens (including phenoxy) is 4. The highest BCUT2D eigenvalue weighted by molar-refractivity contribution is 9.10. The maximum atomic E-state index is 14.7. The Hall–Kier alpha value is -5.66. The summed E-state index contributed by atoms with van der Waals surface area (Å²) in [5, 5.41) is 8.05. The molecule has 2 aromatic heterocycles. The van der Waals surface area contributed by atoms with Crippen LogP contribution in [0.1, 0.15) is 85.8 Å². The van der Waals surface area contributed by atoms with Crippen molar-refractivity contribution in [1.29, 1.82) is 0 Å². The maximum Gasteiger partial charge on any atom is 0.410 e. The van der Waals surface area contributed by atoms with E-state index < -0.39 is 17.2 Å². The van der Waals surface area contributed by atoms with E-state index in [-0.39, 0.29) is 12.7 Å². The molecule has 1 fully saturated rings. The lowest BCUT2D eigenvalue weighted by Crippen LogP contribution is -2.50. The first kappa shape index (κ1) is 45.4. The number of hydrogen-bond acceptors (Lipinski definition) is 9. The number of halogens is 1. The predicted molar refractivity (Wildman–Crippen MR) is 250 cm³/mol. The van der Waals surface area contributed by atoms with Gasteiger partial charge in [-0.25, -0.2) is 9.59 Å². The van der Waals surface area contributed by atoms with Gasteiger partial charge in [0.1, 0.15) is 40.7 Å². The van der Waals surface area contributed by atoms with E-state index in [1.807, 2.05) is 96.6 Å². The zero-order valence-corrected chi connectivity index (χ0v) is 39.2. The number of amides is 1. The second kappa shape index (κ2) is 19.0. The number of rotatable bonds is 14. The van der Waals surface area contributed by atoms with Crippen LogP contribution in [0.2, 0.25) is 0 Å². The largest absolute Gasteiger partial charge is 0.493 e. The Morgan fingerprint density at radius 3 is 2.25 bits per heavy atom. The molecule has 1 aliphatic rings. The third kappa shape index (κ3) is 10.6. The number of nitrogens with zero attached hydrogens (tertiary/aromatic N) is 5. The van der Waals surface area contributed by atoms with Crippen LogP contribution in [-0.2, 0) is 36.1 Å². The molecular formula is C50H58BrN5O7. The van der Waals surface area contributed by atoms with Crippen LogP contribution in [0.15, 0.2) is 83.3 Å². The highest BCUT2D eigenvalue weighted by Gasteiger charge is 2.31.